The highest BCUT2D eigenvalue weighted by molar-refractivity contribution is 5.85. The standard InChI is InChI=1S/C17H29NO2.ClH/c1-3-17(9-5-4-6-10-17)20-14-16(19)13-18-11-7-8-15(2)12-18;/h1,15-16,19H,4-14H2,2H3;1H. The lowest BCUT2D eigenvalue weighted by molar-refractivity contribution is -0.0712. The lowest BCUT2D eigenvalue weighted by Crippen LogP contribution is -2.43. The molecule has 0 aromatic rings. The molecule has 0 spiro atoms. The summed E-state index contributed by atoms with van der Waals surface area (Å²) in [4.78, 5) is 2.35. The molecule has 1 aliphatic heterocycles. The molecule has 1 saturated heterocycles. The normalized spacial score (nSPS) is 27.4. The number of ether oxygens (including phenoxy) is 1. The second-order valence-electron chi connectivity index (χ2n) is 6.67. The predicted molar refractivity (Wildman–Crippen MR) is 88.7 cm³/mol. The van der Waals surface area contributed by atoms with Crippen molar-refractivity contribution in [2.45, 2.75) is 63.6 Å². The summed E-state index contributed by atoms with van der Waals surface area (Å²) in [6, 6.07) is 0. The number of aliphatic hydroxyl groups is 1. The Balaban J connectivity index is 0.00000220. The van der Waals surface area contributed by atoms with Gasteiger partial charge in [0.15, 0.2) is 0 Å². The molecule has 122 valence electrons. The SMILES string of the molecule is C#CC1(OCC(O)CN2CCCC(C)C2)CCCCC1.Cl. The van der Waals surface area contributed by atoms with Crippen LogP contribution in [-0.2, 0) is 4.74 Å². The third-order valence-corrected chi connectivity index (χ3v) is 4.69. The molecule has 0 radical (unpaired) electrons. The summed E-state index contributed by atoms with van der Waals surface area (Å²) in [5, 5.41) is 10.2. The van der Waals surface area contributed by atoms with E-state index in [9.17, 15) is 5.11 Å². The maximum Gasteiger partial charge on any atom is 0.128 e. The first kappa shape index (κ1) is 18.8. The zero-order valence-electron chi connectivity index (χ0n) is 13.2. The summed E-state index contributed by atoms with van der Waals surface area (Å²) in [5.41, 5.74) is -0.408. The Hall–Kier alpha value is -0.270. The highest BCUT2D eigenvalue weighted by Crippen LogP contribution is 2.31. The van der Waals surface area contributed by atoms with Gasteiger partial charge in [-0.05, 0) is 51.0 Å². The number of halogens is 1. The third-order valence-electron chi connectivity index (χ3n) is 4.69. The Morgan fingerprint density at radius 2 is 2.05 bits per heavy atom. The fraction of sp³-hybridized carbons (Fsp3) is 0.882. The number of terminal acetylenes is 1. The summed E-state index contributed by atoms with van der Waals surface area (Å²) in [5.74, 6) is 3.58. The molecule has 2 unspecified atom stereocenters. The number of hydrogen-bond donors (Lipinski definition) is 1. The topological polar surface area (TPSA) is 32.7 Å². The second-order valence-corrected chi connectivity index (χ2v) is 6.67. The van der Waals surface area contributed by atoms with Gasteiger partial charge in [0.05, 0.1) is 12.7 Å². The molecule has 0 aromatic carbocycles. The van der Waals surface area contributed by atoms with Crippen LogP contribution in [0.1, 0.15) is 51.9 Å². The van der Waals surface area contributed by atoms with Crippen LogP contribution in [0.25, 0.3) is 0 Å². The van der Waals surface area contributed by atoms with Crippen molar-refractivity contribution < 1.29 is 9.84 Å². The van der Waals surface area contributed by atoms with E-state index in [0.717, 1.165) is 44.7 Å². The lowest BCUT2D eigenvalue weighted by Gasteiger charge is -2.35. The molecule has 4 heteroatoms. The van der Waals surface area contributed by atoms with Crippen LogP contribution in [0.4, 0.5) is 0 Å². The number of rotatable bonds is 5. The van der Waals surface area contributed by atoms with E-state index in [0.29, 0.717) is 13.2 Å². The molecule has 1 N–H and O–H groups in total. The van der Waals surface area contributed by atoms with Crippen molar-refractivity contribution in [1.82, 2.24) is 4.90 Å². The van der Waals surface area contributed by atoms with Crippen molar-refractivity contribution >= 4 is 12.4 Å². The maximum absolute atomic E-state index is 10.2. The van der Waals surface area contributed by atoms with Gasteiger partial charge in [-0.2, -0.15) is 0 Å². The molecule has 1 saturated carbocycles. The van der Waals surface area contributed by atoms with Gasteiger partial charge in [-0.1, -0.05) is 19.3 Å². The lowest BCUT2D eigenvalue weighted by atomic mass is 9.85. The van der Waals surface area contributed by atoms with E-state index >= 15 is 0 Å². The molecule has 21 heavy (non-hydrogen) atoms. The number of likely N-dealkylation sites (tertiary alicyclic amines) is 1. The Bertz CT molecular complexity index is 336. The fourth-order valence-corrected chi connectivity index (χ4v) is 3.51. The van der Waals surface area contributed by atoms with Gasteiger partial charge in [-0.3, -0.25) is 0 Å². The van der Waals surface area contributed by atoms with E-state index in [1.54, 1.807) is 0 Å². The van der Waals surface area contributed by atoms with Crippen molar-refractivity contribution in [1.29, 1.82) is 0 Å². The number of piperidine rings is 1. The second kappa shape index (κ2) is 9.00. The van der Waals surface area contributed by atoms with Crippen LogP contribution in [0.5, 0.6) is 0 Å². The Kier molecular flexibility index (Phi) is 8.05. The monoisotopic (exact) mass is 315 g/mol. The minimum atomic E-state index is -0.424. The van der Waals surface area contributed by atoms with E-state index in [2.05, 4.69) is 17.7 Å². The molecule has 2 rings (SSSR count). The molecular formula is C17H30ClNO2. The quantitative estimate of drug-likeness (QED) is 0.792. The minimum absolute atomic E-state index is 0. The first-order chi connectivity index (χ1) is 9.63. The fourth-order valence-electron chi connectivity index (χ4n) is 3.51. The molecule has 2 atom stereocenters. The summed E-state index contributed by atoms with van der Waals surface area (Å²) < 4.78 is 5.94. The van der Waals surface area contributed by atoms with Crippen LogP contribution < -0.4 is 0 Å². The van der Waals surface area contributed by atoms with Crippen molar-refractivity contribution in [3.63, 3.8) is 0 Å². The van der Waals surface area contributed by atoms with E-state index in [1.165, 1.54) is 19.3 Å². The Labute approximate surface area is 135 Å². The van der Waals surface area contributed by atoms with E-state index in [-0.39, 0.29) is 12.4 Å². The van der Waals surface area contributed by atoms with Crippen LogP contribution in [0.2, 0.25) is 0 Å². The zero-order valence-corrected chi connectivity index (χ0v) is 14.0. The number of hydrogen-bond acceptors (Lipinski definition) is 3. The summed E-state index contributed by atoms with van der Waals surface area (Å²) in [7, 11) is 0. The maximum atomic E-state index is 10.2. The molecule has 1 heterocycles. The highest BCUT2D eigenvalue weighted by atomic mass is 35.5. The van der Waals surface area contributed by atoms with Crippen LogP contribution in [0.15, 0.2) is 0 Å². The molecule has 3 nitrogen and oxygen atoms in total. The summed E-state index contributed by atoms with van der Waals surface area (Å²) in [6.07, 6.45) is 13.2. The zero-order chi connectivity index (χ0) is 14.4. The van der Waals surface area contributed by atoms with Gasteiger partial charge in [-0.15, -0.1) is 18.8 Å². The van der Waals surface area contributed by atoms with Crippen molar-refractivity contribution in [3.8, 4) is 12.3 Å². The van der Waals surface area contributed by atoms with Gasteiger partial charge in [0.25, 0.3) is 0 Å². The Morgan fingerprint density at radius 1 is 1.33 bits per heavy atom. The van der Waals surface area contributed by atoms with Crippen molar-refractivity contribution in [3.05, 3.63) is 0 Å². The molecule has 1 aliphatic carbocycles. The van der Waals surface area contributed by atoms with E-state index < -0.39 is 11.7 Å². The highest BCUT2D eigenvalue weighted by Gasteiger charge is 2.31. The summed E-state index contributed by atoms with van der Waals surface area (Å²) in [6.45, 7) is 5.56. The van der Waals surface area contributed by atoms with Gasteiger partial charge < -0.3 is 14.7 Å². The van der Waals surface area contributed by atoms with Crippen molar-refractivity contribution in [2.24, 2.45) is 5.92 Å². The van der Waals surface area contributed by atoms with Gasteiger partial charge in [0, 0.05) is 13.1 Å². The molecule has 0 aromatic heterocycles. The number of aliphatic hydroxyl groups excluding tert-OH is 1. The van der Waals surface area contributed by atoms with Crippen LogP contribution in [-0.4, -0.2) is 48.0 Å². The molecular weight excluding hydrogens is 286 g/mol. The van der Waals surface area contributed by atoms with E-state index in [4.69, 9.17) is 11.2 Å². The predicted octanol–water partition coefficient (Wildman–Crippen LogP) is 2.85. The van der Waals surface area contributed by atoms with Gasteiger partial charge >= 0.3 is 0 Å². The molecule has 2 fully saturated rings. The van der Waals surface area contributed by atoms with Crippen LogP contribution in [0, 0.1) is 18.3 Å². The van der Waals surface area contributed by atoms with Crippen molar-refractivity contribution in [2.75, 3.05) is 26.2 Å². The first-order valence-corrected chi connectivity index (χ1v) is 8.16. The molecule has 2 aliphatic rings. The Morgan fingerprint density at radius 3 is 2.67 bits per heavy atom. The smallest absolute Gasteiger partial charge is 0.128 e. The van der Waals surface area contributed by atoms with Crippen LogP contribution in [0.3, 0.4) is 0 Å². The minimum Gasteiger partial charge on any atom is -0.389 e. The largest absolute Gasteiger partial charge is 0.389 e. The van der Waals surface area contributed by atoms with E-state index in [1.807, 2.05) is 0 Å². The molecule has 0 bridgehead atoms. The van der Waals surface area contributed by atoms with Crippen LogP contribution >= 0.6 is 12.4 Å². The number of nitrogens with zero attached hydrogens (tertiary/aromatic N) is 1. The number of β-amino-alcohol motifs (C(OH)–C–C–N with tert-alkyl or cyclic N) is 1. The van der Waals surface area contributed by atoms with Gasteiger partial charge in [-0.25, -0.2) is 0 Å². The van der Waals surface area contributed by atoms with Gasteiger partial charge in [0.2, 0.25) is 0 Å². The average Bonchev–Trinajstić information content (AvgIpc) is 2.46. The van der Waals surface area contributed by atoms with Gasteiger partial charge in [0.1, 0.15) is 5.60 Å². The summed E-state index contributed by atoms with van der Waals surface area (Å²) >= 11 is 0. The average molecular weight is 316 g/mol. The third kappa shape index (κ3) is 5.79. The first-order valence-electron chi connectivity index (χ1n) is 8.16. The molecule has 0 amide bonds.